The molecule has 0 saturated carbocycles. The molecule has 47 heavy (non-hydrogen) atoms. The van der Waals surface area contributed by atoms with Gasteiger partial charge in [0, 0.05) is 32.3 Å². The second-order valence-electron chi connectivity index (χ2n) is 10.2. The summed E-state index contributed by atoms with van der Waals surface area (Å²) >= 11 is 0. The van der Waals surface area contributed by atoms with Gasteiger partial charge < -0.3 is 25.6 Å². The predicted molar refractivity (Wildman–Crippen MR) is 193 cm³/mol. The summed E-state index contributed by atoms with van der Waals surface area (Å²) in [5, 5.41) is 22.7. The summed E-state index contributed by atoms with van der Waals surface area (Å²) in [4.78, 5) is 34.1. The van der Waals surface area contributed by atoms with Gasteiger partial charge in [-0.2, -0.15) is 0 Å². The van der Waals surface area contributed by atoms with Gasteiger partial charge in [0.1, 0.15) is 11.5 Å². The normalized spacial score (nSPS) is 12.0. The highest BCUT2D eigenvalue weighted by Gasteiger charge is 2.11. The molecule has 246 valence electrons. The van der Waals surface area contributed by atoms with Crippen LogP contribution in [0.4, 0.5) is 0 Å². The number of phenolic OH excluding ortho intramolecular Hbond substituents is 1. The van der Waals surface area contributed by atoms with Crippen LogP contribution >= 0.6 is 0 Å². The van der Waals surface area contributed by atoms with Gasteiger partial charge in [-0.25, -0.2) is 0 Å². The lowest BCUT2D eigenvalue weighted by Crippen LogP contribution is -2.29. The van der Waals surface area contributed by atoms with Gasteiger partial charge in [-0.05, 0) is 89.7 Å². The average Bonchev–Trinajstić information content (AvgIpc) is 3.10. The Labute approximate surface area is 277 Å². The highest BCUT2D eigenvalue weighted by Crippen LogP contribution is 2.23. The second kappa shape index (κ2) is 19.1. The summed E-state index contributed by atoms with van der Waals surface area (Å²) < 4.78 is 5.34. The molecular weight excluding hydrogens is 592 g/mol. The van der Waals surface area contributed by atoms with Crippen molar-refractivity contribution in [1.29, 1.82) is 0 Å². The van der Waals surface area contributed by atoms with E-state index in [-0.39, 0.29) is 30.7 Å². The minimum atomic E-state index is -0.314. The molecule has 0 spiro atoms. The maximum atomic E-state index is 12.8. The fourth-order valence-electron chi connectivity index (χ4n) is 4.40. The number of amides is 2. The molecule has 4 N–H and O–H groups in total. The number of aliphatic hydroxyl groups excluding tert-OH is 1. The van der Waals surface area contributed by atoms with Gasteiger partial charge in [-0.3, -0.25) is 19.6 Å². The van der Waals surface area contributed by atoms with E-state index in [1.54, 1.807) is 64.5 Å². The van der Waals surface area contributed by atoms with Gasteiger partial charge >= 0.3 is 0 Å². The van der Waals surface area contributed by atoms with E-state index in [2.05, 4.69) is 33.8 Å². The number of nitrogens with zero attached hydrogens (tertiary/aromatic N) is 2. The van der Waals surface area contributed by atoms with Crippen LogP contribution in [-0.2, 0) is 0 Å². The van der Waals surface area contributed by atoms with Crippen molar-refractivity contribution in [1.82, 2.24) is 10.6 Å². The van der Waals surface area contributed by atoms with E-state index in [0.29, 0.717) is 33.9 Å². The van der Waals surface area contributed by atoms with Crippen LogP contribution in [0.2, 0.25) is 0 Å². The van der Waals surface area contributed by atoms with Crippen molar-refractivity contribution in [2.24, 2.45) is 9.98 Å². The Morgan fingerprint density at radius 1 is 0.745 bits per heavy atom. The van der Waals surface area contributed by atoms with Crippen molar-refractivity contribution in [3.63, 3.8) is 0 Å². The highest BCUT2D eigenvalue weighted by atomic mass is 16.5. The van der Waals surface area contributed by atoms with Crippen molar-refractivity contribution in [2.45, 2.75) is 13.8 Å². The molecule has 0 atom stereocenters. The second-order valence-corrected chi connectivity index (χ2v) is 10.2. The largest absolute Gasteiger partial charge is 0.508 e. The Bertz CT molecular complexity index is 1720. The first-order valence-corrected chi connectivity index (χ1v) is 14.8. The third-order valence-corrected chi connectivity index (χ3v) is 7.19. The van der Waals surface area contributed by atoms with E-state index < -0.39 is 0 Å². The van der Waals surface area contributed by atoms with Gasteiger partial charge in [-0.15, -0.1) is 0 Å². The quantitative estimate of drug-likeness (QED) is 0.140. The van der Waals surface area contributed by atoms with Gasteiger partial charge in [0.25, 0.3) is 11.8 Å². The number of aromatic hydroxyl groups is 1. The number of nitrogens with one attached hydrogen (secondary N) is 2. The molecule has 3 aromatic carbocycles. The maximum Gasteiger partial charge on any atom is 0.251 e. The number of aryl methyl sites for hydroxylation is 2. The number of phenols is 1. The summed E-state index contributed by atoms with van der Waals surface area (Å²) in [7, 11) is 5.91. The van der Waals surface area contributed by atoms with Gasteiger partial charge in [0.2, 0.25) is 0 Å². The first-order valence-electron chi connectivity index (χ1n) is 14.8. The fourth-order valence-corrected chi connectivity index (χ4v) is 4.40. The Hall–Kier alpha value is -5.54. The number of methoxy groups -OCH3 is 1. The Morgan fingerprint density at radius 3 is 1.64 bits per heavy atom. The Morgan fingerprint density at radius 2 is 1.21 bits per heavy atom. The van der Waals surface area contributed by atoms with Crippen molar-refractivity contribution in [2.75, 3.05) is 41.4 Å². The molecule has 0 heterocycles. The van der Waals surface area contributed by atoms with Crippen LogP contribution in [0.1, 0.15) is 43.0 Å². The fraction of sp³-hybridized carbons (Fsp3) is 0.211. The number of aliphatic imine (C=N–C) groups is 2. The number of ether oxygens (including phenoxy) is 1. The van der Waals surface area contributed by atoms with Gasteiger partial charge in [0.05, 0.1) is 31.6 Å². The van der Waals surface area contributed by atoms with Crippen LogP contribution in [0.25, 0.3) is 11.1 Å². The number of allylic oxidation sites excluding steroid dienone is 4. The Balaban J connectivity index is 0.00000376. The van der Waals surface area contributed by atoms with Crippen LogP contribution in [0.5, 0.6) is 11.5 Å². The molecule has 0 bridgehead atoms. The minimum Gasteiger partial charge on any atom is -0.508 e. The number of hydrogen-bond acceptors (Lipinski definition) is 7. The zero-order valence-corrected chi connectivity index (χ0v) is 27.9. The lowest BCUT2D eigenvalue weighted by molar-refractivity contribution is 0.0951. The smallest absolute Gasteiger partial charge is 0.251 e. The molecule has 0 aromatic heterocycles. The highest BCUT2D eigenvalue weighted by molar-refractivity contribution is 6.07. The molecule has 3 rings (SSSR count). The molecule has 0 fully saturated rings. The summed E-state index contributed by atoms with van der Waals surface area (Å²) in [6.07, 6.45) is 7.23. The van der Waals surface area contributed by atoms with Crippen LogP contribution in [0.15, 0.2) is 108 Å². The van der Waals surface area contributed by atoms with Crippen molar-refractivity contribution < 1.29 is 24.5 Å². The average molecular weight is 637 g/mol. The molecular formula is C38H44N4O5. The summed E-state index contributed by atoms with van der Waals surface area (Å²) in [5.41, 5.74) is 7.24. The molecule has 0 aliphatic carbocycles. The SMILES string of the molecule is C=C/C(=C\C(CNC(=O)c1ccc(C)c(O)c1)=NC)c1cccc(/C(C=C)=C/C(CNC(=O)c2ccc(C)c(OC)c2)=NC)c1.CO. The number of rotatable bonds is 13. The van der Waals surface area contributed by atoms with Gasteiger partial charge in [0.15, 0.2) is 0 Å². The Kier molecular flexibility index (Phi) is 15.3. The number of aliphatic hydroxyl groups is 1. The molecule has 3 aromatic rings. The van der Waals surface area contributed by atoms with Crippen LogP contribution in [0, 0.1) is 13.8 Å². The number of carbonyl (C=O) groups is 2. The van der Waals surface area contributed by atoms with E-state index in [0.717, 1.165) is 34.9 Å². The third-order valence-electron chi connectivity index (χ3n) is 7.19. The van der Waals surface area contributed by atoms with Crippen LogP contribution in [0.3, 0.4) is 0 Å². The zero-order chi connectivity index (χ0) is 34.9. The molecule has 0 aliphatic rings. The summed E-state index contributed by atoms with van der Waals surface area (Å²) in [6.45, 7) is 12.1. The van der Waals surface area contributed by atoms with E-state index in [4.69, 9.17) is 9.84 Å². The molecule has 0 radical (unpaired) electrons. The lowest BCUT2D eigenvalue weighted by atomic mass is 9.97. The lowest BCUT2D eigenvalue weighted by Gasteiger charge is -2.11. The van der Waals surface area contributed by atoms with Crippen molar-refractivity contribution in [3.05, 3.63) is 132 Å². The van der Waals surface area contributed by atoms with Crippen LogP contribution in [-0.4, -0.2) is 74.9 Å². The monoisotopic (exact) mass is 636 g/mol. The topological polar surface area (TPSA) is 133 Å². The molecule has 0 saturated heterocycles. The number of carbonyl (C=O) groups excluding carboxylic acids is 2. The first kappa shape index (κ1) is 37.6. The summed E-state index contributed by atoms with van der Waals surface area (Å²) in [5.74, 6) is 0.177. The molecule has 9 heteroatoms. The number of hydrogen-bond donors (Lipinski definition) is 4. The molecule has 9 nitrogen and oxygen atoms in total. The maximum absolute atomic E-state index is 12.8. The zero-order valence-electron chi connectivity index (χ0n) is 27.9. The predicted octanol–water partition coefficient (Wildman–Crippen LogP) is 5.77. The van der Waals surface area contributed by atoms with E-state index in [1.807, 2.05) is 49.4 Å². The van der Waals surface area contributed by atoms with E-state index in [9.17, 15) is 14.7 Å². The molecule has 0 unspecified atom stereocenters. The van der Waals surface area contributed by atoms with E-state index >= 15 is 0 Å². The van der Waals surface area contributed by atoms with Gasteiger partial charge in [-0.1, -0.05) is 55.6 Å². The first-order chi connectivity index (χ1) is 22.6. The number of benzene rings is 3. The van der Waals surface area contributed by atoms with Crippen molar-refractivity contribution >= 4 is 34.4 Å². The van der Waals surface area contributed by atoms with Crippen molar-refractivity contribution in [3.8, 4) is 11.5 Å². The third kappa shape index (κ3) is 10.8. The molecule has 0 aliphatic heterocycles. The minimum absolute atomic E-state index is 0.0686. The standard InChI is InChI=1S/C37H40N4O4.CH4O/c1-8-26(18-32(38-5)22-40-36(43)30-15-13-24(3)34(42)20-30)28-11-10-12-29(17-28)27(9-2)19-33(39-6)23-41-37(44)31-16-14-25(4)35(21-31)45-7;1-2/h8-21,42H,1-2,22-23H2,3-7H3,(H,40,43)(H,41,44);2H,1H3/b26-18+,27-19+,38-32?,39-33?;. The summed E-state index contributed by atoms with van der Waals surface area (Å²) in [6, 6.07) is 18.0. The van der Waals surface area contributed by atoms with Crippen LogP contribution < -0.4 is 15.4 Å². The van der Waals surface area contributed by atoms with E-state index in [1.165, 1.54) is 6.07 Å². The molecule has 2 amide bonds.